The molecule has 0 bridgehead atoms. The first-order valence-corrected chi connectivity index (χ1v) is 11.6. The van der Waals surface area contributed by atoms with Gasteiger partial charge in [0.15, 0.2) is 0 Å². The van der Waals surface area contributed by atoms with Crippen LogP contribution in [0.15, 0.2) is 40.0 Å². The van der Waals surface area contributed by atoms with Gasteiger partial charge in [0.25, 0.3) is 5.56 Å². The van der Waals surface area contributed by atoms with Crippen LogP contribution >= 0.6 is 15.9 Å². The average Bonchev–Trinajstić information content (AvgIpc) is 2.78. The van der Waals surface area contributed by atoms with Crippen molar-refractivity contribution in [3.05, 3.63) is 51.1 Å². The molecule has 2 aromatic heterocycles. The summed E-state index contributed by atoms with van der Waals surface area (Å²) in [7, 11) is 0. The highest BCUT2D eigenvalue weighted by Gasteiger charge is 2.32. The molecule has 0 saturated heterocycles. The molecule has 4 rings (SSSR count). The molecule has 30 heavy (non-hydrogen) atoms. The maximum absolute atomic E-state index is 12.7. The third-order valence-electron chi connectivity index (χ3n) is 6.42. The standard InChI is InChI=1S/C22H28BrN5O2/c23-21-19(27-18-6-5-16-3-1-2-4-17(16)11-18)13-26-28(22(21)30)14-20(29)25-12-15-7-9-24-10-8-15/h7-10,13,16-18,27H,1-6,11-12,14H2,(H,25,29). The van der Waals surface area contributed by atoms with E-state index in [4.69, 9.17) is 0 Å². The van der Waals surface area contributed by atoms with E-state index in [1.807, 2.05) is 12.1 Å². The Morgan fingerprint density at radius 3 is 2.70 bits per heavy atom. The lowest BCUT2D eigenvalue weighted by Gasteiger charge is -2.39. The quantitative estimate of drug-likeness (QED) is 0.669. The lowest BCUT2D eigenvalue weighted by atomic mass is 9.69. The number of nitrogens with zero attached hydrogens (tertiary/aromatic N) is 3. The molecule has 2 aliphatic rings. The van der Waals surface area contributed by atoms with E-state index in [9.17, 15) is 9.59 Å². The molecule has 0 radical (unpaired) electrons. The van der Waals surface area contributed by atoms with Crippen LogP contribution in [0.4, 0.5) is 5.69 Å². The molecule has 8 heteroatoms. The van der Waals surface area contributed by atoms with Crippen molar-refractivity contribution in [2.45, 2.75) is 64.1 Å². The minimum Gasteiger partial charge on any atom is -0.380 e. The van der Waals surface area contributed by atoms with Gasteiger partial charge in [0, 0.05) is 25.0 Å². The number of halogens is 1. The topological polar surface area (TPSA) is 88.9 Å². The van der Waals surface area contributed by atoms with Crippen LogP contribution in [0.1, 0.15) is 50.5 Å². The molecule has 2 N–H and O–H groups in total. The van der Waals surface area contributed by atoms with Gasteiger partial charge in [-0.15, -0.1) is 0 Å². The smallest absolute Gasteiger partial charge is 0.283 e. The molecule has 0 aliphatic heterocycles. The highest BCUT2D eigenvalue weighted by Crippen LogP contribution is 2.41. The number of hydrogen-bond donors (Lipinski definition) is 2. The molecule has 2 aromatic rings. The molecule has 2 fully saturated rings. The lowest BCUT2D eigenvalue weighted by molar-refractivity contribution is -0.122. The molecular formula is C22H28BrN5O2. The molecule has 3 atom stereocenters. The molecule has 1 amide bonds. The van der Waals surface area contributed by atoms with Crippen molar-refractivity contribution >= 4 is 27.5 Å². The molecule has 0 aromatic carbocycles. The Morgan fingerprint density at radius 2 is 1.90 bits per heavy atom. The number of anilines is 1. The van der Waals surface area contributed by atoms with E-state index in [0.29, 0.717) is 22.7 Å². The zero-order chi connectivity index (χ0) is 20.9. The SMILES string of the molecule is O=C(Cn1ncc(NC2CCC3CCCCC3C2)c(Br)c1=O)NCc1ccncc1. The van der Waals surface area contributed by atoms with Crippen molar-refractivity contribution in [2.24, 2.45) is 11.8 Å². The first-order valence-electron chi connectivity index (χ1n) is 10.8. The second-order valence-electron chi connectivity index (χ2n) is 8.43. The van der Waals surface area contributed by atoms with E-state index in [1.54, 1.807) is 18.6 Å². The van der Waals surface area contributed by atoms with Crippen LogP contribution in [-0.2, 0) is 17.9 Å². The van der Waals surface area contributed by atoms with Crippen molar-refractivity contribution in [1.29, 1.82) is 0 Å². The van der Waals surface area contributed by atoms with Crippen molar-refractivity contribution in [3.63, 3.8) is 0 Å². The van der Waals surface area contributed by atoms with Gasteiger partial charge in [-0.25, -0.2) is 4.68 Å². The van der Waals surface area contributed by atoms with Gasteiger partial charge < -0.3 is 10.6 Å². The van der Waals surface area contributed by atoms with Gasteiger partial charge in [0.05, 0.1) is 11.9 Å². The third kappa shape index (κ3) is 5.09. The van der Waals surface area contributed by atoms with Crippen LogP contribution in [0.25, 0.3) is 0 Å². The van der Waals surface area contributed by atoms with Crippen LogP contribution in [-0.4, -0.2) is 26.7 Å². The van der Waals surface area contributed by atoms with Gasteiger partial charge in [-0.1, -0.05) is 25.7 Å². The summed E-state index contributed by atoms with van der Waals surface area (Å²) in [4.78, 5) is 28.9. The zero-order valence-electron chi connectivity index (χ0n) is 17.0. The molecular weight excluding hydrogens is 446 g/mol. The Labute approximate surface area is 184 Å². The molecule has 2 aliphatic carbocycles. The lowest BCUT2D eigenvalue weighted by Crippen LogP contribution is -2.36. The summed E-state index contributed by atoms with van der Waals surface area (Å²) in [5.74, 6) is 1.43. The van der Waals surface area contributed by atoms with Crippen molar-refractivity contribution in [1.82, 2.24) is 20.1 Å². The Kier molecular flexibility index (Phi) is 6.82. The molecule has 2 heterocycles. The highest BCUT2D eigenvalue weighted by atomic mass is 79.9. The summed E-state index contributed by atoms with van der Waals surface area (Å²) in [5, 5.41) is 10.5. The second kappa shape index (κ2) is 9.73. The maximum Gasteiger partial charge on any atom is 0.283 e. The number of rotatable bonds is 6. The first kappa shape index (κ1) is 21.0. The fourth-order valence-electron chi connectivity index (χ4n) is 4.80. The maximum atomic E-state index is 12.7. The summed E-state index contributed by atoms with van der Waals surface area (Å²) < 4.78 is 1.63. The van der Waals surface area contributed by atoms with Crippen LogP contribution < -0.4 is 16.2 Å². The minimum atomic E-state index is -0.301. The second-order valence-corrected chi connectivity index (χ2v) is 9.22. The van der Waals surface area contributed by atoms with Crippen molar-refractivity contribution in [2.75, 3.05) is 5.32 Å². The minimum absolute atomic E-state index is 0.115. The van der Waals surface area contributed by atoms with E-state index in [0.717, 1.165) is 30.2 Å². The van der Waals surface area contributed by atoms with Gasteiger partial charge in [-0.05, 0) is 64.7 Å². The Hall–Kier alpha value is -2.22. The Bertz CT molecular complexity index is 933. The number of fused-ring (bicyclic) bond motifs is 1. The van der Waals surface area contributed by atoms with E-state index in [2.05, 4.69) is 36.6 Å². The Morgan fingerprint density at radius 1 is 1.13 bits per heavy atom. The largest absolute Gasteiger partial charge is 0.380 e. The number of pyridine rings is 1. The molecule has 2 saturated carbocycles. The van der Waals surface area contributed by atoms with Crippen molar-refractivity contribution in [3.8, 4) is 0 Å². The number of amides is 1. The number of nitrogens with one attached hydrogen (secondary N) is 2. The molecule has 7 nitrogen and oxygen atoms in total. The number of aromatic nitrogens is 3. The third-order valence-corrected chi connectivity index (χ3v) is 7.18. The fraction of sp³-hybridized carbons (Fsp3) is 0.545. The predicted octanol–water partition coefficient (Wildman–Crippen LogP) is 3.49. The first-order chi connectivity index (χ1) is 14.6. The van der Waals surface area contributed by atoms with Gasteiger partial charge in [0.2, 0.25) is 5.91 Å². The van der Waals surface area contributed by atoms with E-state index in [1.165, 1.54) is 36.8 Å². The Balaban J connectivity index is 1.35. The summed E-state index contributed by atoms with van der Waals surface area (Å²) in [6, 6.07) is 4.05. The summed E-state index contributed by atoms with van der Waals surface area (Å²) >= 11 is 3.42. The van der Waals surface area contributed by atoms with E-state index >= 15 is 0 Å². The number of carbonyl (C=O) groups excluding carboxylic acids is 1. The van der Waals surface area contributed by atoms with Crippen LogP contribution in [0.5, 0.6) is 0 Å². The summed E-state index contributed by atoms with van der Waals surface area (Å²) in [5.41, 5.74) is 1.37. The number of hydrogen-bond acceptors (Lipinski definition) is 5. The van der Waals surface area contributed by atoms with Gasteiger partial charge in [-0.2, -0.15) is 5.10 Å². The van der Waals surface area contributed by atoms with E-state index < -0.39 is 0 Å². The van der Waals surface area contributed by atoms with E-state index in [-0.39, 0.29) is 18.0 Å². The van der Waals surface area contributed by atoms with Crippen LogP contribution in [0.3, 0.4) is 0 Å². The summed E-state index contributed by atoms with van der Waals surface area (Å²) in [6.45, 7) is 0.275. The molecule has 3 unspecified atom stereocenters. The van der Waals surface area contributed by atoms with Crippen LogP contribution in [0.2, 0.25) is 0 Å². The average molecular weight is 474 g/mol. The normalized spacial score (nSPS) is 23.4. The monoisotopic (exact) mass is 473 g/mol. The fourth-order valence-corrected chi connectivity index (χ4v) is 5.22. The predicted molar refractivity (Wildman–Crippen MR) is 119 cm³/mol. The number of carbonyl (C=O) groups is 1. The van der Waals surface area contributed by atoms with Crippen LogP contribution in [0, 0.1) is 11.8 Å². The summed E-state index contributed by atoms with van der Waals surface area (Å²) in [6.07, 6.45) is 14.0. The highest BCUT2D eigenvalue weighted by molar-refractivity contribution is 9.10. The molecule has 0 spiro atoms. The van der Waals surface area contributed by atoms with Gasteiger partial charge in [-0.3, -0.25) is 14.6 Å². The zero-order valence-corrected chi connectivity index (χ0v) is 18.6. The van der Waals surface area contributed by atoms with Crippen molar-refractivity contribution < 1.29 is 4.79 Å². The molecule has 160 valence electrons. The van der Waals surface area contributed by atoms with Gasteiger partial charge in [0.1, 0.15) is 11.0 Å². The van der Waals surface area contributed by atoms with Gasteiger partial charge >= 0.3 is 0 Å².